The third-order valence-corrected chi connectivity index (χ3v) is 6.04. The van der Waals surface area contributed by atoms with E-state index in [1.54, 1.807) is 5.56 Å². The van der Waals surface area contributed by atoms with E-state index in [9.17, 15) is 0 Å². The predicted octanol–water partition coefficient (Wildman–Crippen LogP) is 7.58. The van der Waals surface area contributed by atoms with Crippen LogP contribution >= 0.6 is 0 Å². The Balaban J connectivity index is 1.50. The van der Waals surface area contributed by atoms with Crippen molar-refractivity contribution in [2.45, 2.75) is 71.1 Å². The summed E-state index contributed by atoms with van der Waals surface area (Å²) >= 11 is 0. The molecule has 0 nitrogen and oxygen atoms in total. The van der Waals surface area contributed by atoms with Crippen molar-refractivity contribution >= 4 is 6.08 Å². The molecule has 0 radical (unpaired) electrons. The average molecular weight is 347 g/mol. The molecule has 0 N–H and O–H groups in total. The number of allylic oxidation sites excluding steroid dienone is 1. The van der Waals surface area contributed by atoms with Crippen LogP contribution in [-0.4, -0.2) is 0 Å². The highest BCUT2D eigenvalue weighted by molar-refractivity contribution is 5.49. The van der Waals surface area contributed by atoms with Gasteiger partial charge in [0.15, 0.2) is 0 Å². The van der Waals surface area contributed by atoms with Crippen molar-refractivity contribution in [3.05, 3.63) is 76.9 Å². The first kappa shape index (κ1) is 19.0. The Hall–Kier alpha value is -1.82. The maximum absolute atomic E-state index is 2.40. The van der Waals surface area contributed by atoms with Crippen molar-refractivity contribution in [2.24, 2.45) is 5.92 Å². The highest BCUT2D eigenvalue weighted by atomic mass is 14.3. The molecule has 1 aliphatic rings. The van der Waals surface area contributed by atoms with Gasteiger partial charge in [0.05, 0.1) is 0 Å². The maximum Gasteiger partial charge on any atom is -0.0162 e. The molecular weight excluding hydrogens is 312 g/mol. The van der Waals surface area contributed by atoms with E-state index >= 15 is 0 Å². The van der Waals surface area contributed by atoms with E-state index in [4.69, 9.17) is 0 Å². The minimum Gasteiger partial charge on any atom is -0.0871 e. The fraction of sp³-hybridized carbons (Fsp3) is 0.462. The SMILES string of the molecule is CC=Cc1ccc(CCc2ccc(C3CCC(CCC)CC3)cc2)cc1. The monoisotopic (exact) mass is 346 g/mol. The van der Waals surface area contributed by atoms with Crippen LogP contribution in [0.1, 0.15) is 80.5 Å². The number of hydrogen-bond acceptors (Lipinski definition) is 0. The summed E-state index contributed by atoms with van der Waals surface area (Å²) in [6.45, 7) is 4.38. The van der Waals surface area contributed by atoms with Crippen LogP contribution in [0.25, 0.3) is 6.08 Å². The standard InChI is InChI=1S/C26H34/c1-3-5-21-7-9-23(10-8-21)11-12-24-15-19-26(20-16-24)25-17-13-22(6-4-2)14-18-25/h3,5,7-10,15-16,19-20,22,25H,4,6,11-14,17-18H2,1-2H3. The van der Waals surface area contributed by atoms with Gasteiger partial charge in [-0.25, -0.2) is 0 Å². The minimum absolute atomic E-state index is 0.802. The van der Waals surface area contributed by atoms with Gasteiger partial charge in [0.25, 0.3) is 0 Å². The van der Waals surface area contributed by atoms with Gasteiger partial charge in [-0.05, 0) is 79.5 Å². The largest absolute Gasteiger partial charge is 0.0871 e. The quantitative estimate of drug-likeness (QED) is 0.484. The van der Waals surface area contributed by atoms with Gasteiger partial charge >= 0.3 is 0 Å². The lowest BCUT2D eigenvalue weighted by Crippen LogP contribution is -2.13. The summed E-state index contributed by atoms with van der Waals surface area (Å²) in [6.07, 6.45) is 14.9. The van der Waals surface area contributed by atoms with Crippen LogP contribution in [0.4, 0.5) is 0 Å². The first-order valence-corrected chi connectivity index (χ1v) is 10.6. The molecule has 0 bridgehead atoms. The third kappa shape index (κ3) is 5.34. The molecule has 0 spiro atoms. The van der Waals surface area contributed by atoms with Crippen LogP contribution < -0.4 is 0 Å². The lowest BCUT2D eigenvalue weighted by Gasteiger charge is -2.28. The molecule has 1 aliphatic carbocycles. The zero-order chi connectivity index (χ0) is 18.2. The van der Waals surface area contributed by atoms with E-state index in [2.05, 4.69) is 74.5 Å². The highest BCUT2D eigenvalue weighted by Crippen LogP contribution is 2.37. The Bertz CT molecular complexity index is 667. The van der Waals surface area contributed by atoms with E-state index in [0.29, 0.717) is 0 Å². The topological polar surface area (TPSA) is 0 Å². The first-order valence-electron chi connectivity index (χ1n) is 10.6. The Kier molecular flexibility index (Phi) is 7.12. The van der Waals surface area contributed by atoms with E-state index in [1.807, 2.05) is 0 Å². The summed E-state index contributed by atoms with van der Waals surface area (Å²) in [5.41, 5.74) is 5.75. The number of aryl methyl sites for hydroxylation is 2. The number of rotatable bonds is 7. The molecule has 3 rings (SSSR count). The first-order chi connectivity index (χ1) is 12.8. The number of hydrogen-bond donors (Lipinski definition) is 0. The molecule has 0 atom stereocenters. The fourth-order valence-corrected chi connectivity index (χ4v) is 4.43. The van der Waals surface area contributed by atoms with Gasteiger partial charge in [0, 0.05) is 0 Å². The molecule has 1 saturated carbocycles. The average Bonchev–Trinajstić information content (AvgIpc) is 2.69. The second-order valence-corrected chi connectivity index (χ2v) is 7.99. The molecule has 0 saturated heterocycles. The van der Waals surface area contributed by atoms with Crippen molar-refractivity contribution in [3.63, 3.8) is 0 Å². The normalized spacial score (nSPS) is 20.5. The summed E-state index contributed by atoms with van der Waals surface area (Å²) in [5.74, 6) is 1.80. The Morgan fingerprint density at radius 3 is 1.92 bits per heavy atom. The van der Waals surface area contributed by atoms with E-state index in [-0.39, 0.29) is 0 Å². The van der Waals surface area contributed by atoms with Crippen LogP contribution in [0.3, 0.4) is 0 Å². The van der Waals surface area contributed by atoms with Crippen LogP contribution in [0.15, 0.2) is 54.6 Å². The van der Waals surface area contributed by atoms with Crippen molar-refractivity contribution < 1.29 is 0 Å². The molecule has 0 aliphatic heterocycles. The predicted molar refractivity (Wildman–Crippen MR) is 115 cm³/mol. The van der Waals surface area contributed by atoms with Crippen LogP contribution in [0, 0.1) is 5.92 Å². The molecule has 138 valence electrons. The molecular formula is C26H34. The second-order valence-electron chi connectivity index (χ2n) is 7.99. The molecule has 26 heavy (non-hydrogen) atoms. The highest BCUT2D eigenvalue weighted by Gasteiger charge is 2.21. The van der Waals surface area contributed by atoms with Crippen LogP contribution in [0.5, 0.6) is 0 Å². The van der Waals surface area contributed by atoms with Gasteiger partial charge in [0.1, 0.15) is 0 Å². The minimum atomic E-state index is 0.802. The third-order valence-electron chi connectivity index (χ3n) is 6.04. The van der Waals surface area contributed by atoms with Crippen LogP contribution in [0.2, 0.25) is 0 Å². The molecule has 1 fully saturated rings. The van der Waals surface area contributed by atoms with Crippen LogP contribution in [-0.2, 0) is 12.8 Å². The summed E-state index contributed by atoms with van der Waals surface area (Å²) in [5, 5.41) is 0. The van der Waals surface area contributed by atoms with Gasteiger partial charge in [0.2, 0.25) is 0 Å². The Morgan fingerprint density at radius 1 is 0.808 bits per heavy atom. The van der Waals surface area contributed by atoms with Gasteiger partial charge in [-0.3, -0.25) is 0 Å². The summed E-state index contributed by atoms with van der Waals surface area (Å²) in [7, 11) is 0. The van der Waals surface area contributed by atoms with Crippen molar-refractivity contribution in [1.82, 2.24) is 0 Å². The molecule has 0 unspecified atom stereocenters. The smallest absolute Gasteiger partial charge is 0.0162 e. The Labute approximate surface area is 160 Å². The molecule has 0 aromatic heterocycles. The maximum atomic E-state index is 2.40. The van der Waals surface area contributed by atoms with Gasteiger partial charge in [-0.15, -0.1) is 0 Å². The van der Waals surface area contributed by atoms with E-state index in [0.717, 1.165) is 24.7 Å². The van der Waals surface area contributed by atoms with E-state index < -0.39 is 0 Å². The molecule has 0 heterocycles. The molecule has 0 heteroatoms. The fourth-order valence-electron chi connectivity index (χ4n) is 4.43. The summed E-state index contributed by atoms with van der Waals surface area (Å²) < 4.78 is 0. The zero-order valence-corrected chi connectivity index (χ0v) is 16.6. The second kappa shape index (κ2) is 9.76. The molecule has 0 amide bonds. The van der Waals surface area contributed by atoms with E-state index in [1.165, 1.54) is 55.2 Å². The zero-order valence-electron chi connectivity index (χ0n) is 16.6. The van der Waals surface area contributed by atoms with Crippen molar-refractivity contribution in [3.8, 4) is 0 Å². The van der Waals surface area contributed by atoms with Gasteiger partial charge in [-0.2, -0.15) is 0 Å². The van der Waals surface area contributed by atoms with Gasteiger partial charge < -0.3 is 0 Å². The summed E-state index contributed by atoms with van der Waals surface area (Å²) in [4.78, 5) is 0. The Morgan fingerprint density at radius 2 is 1.38 bits per heavy atom. The van der Waals surface area contributed by atoms with Crippen molar-refractivity contribution in [1.29, 1.82) is 0 Å². The number of benzene rings is 2. The summed E-state index contributed by atoms with van der Waals surface area (Å²) in [6, 6.07) is 18.5. The lowest BCUT2D eigenvalue weighted by molar-refractivity contribution is 0.308. The lowest BCUT2D eigenvalue weighted by atomic mass is 9.77. The van der Waals surface area contributed by atoms with Crippen molar-refractivity contribution in [2.75, 3.05) is 0 Å². The van der Waals surface area contributed by atoms with Gasteiger partial charge in [-0.1, -0.05) is 80.4 Å². The molecule has 2 aromatic carbocycles. The molecule has 2 aromatic rings.